The first-order chi connectivity index (χ1) is 17.2. The zero-order valence-electron chi connectivity index (χ0n) is 21.3. The molecule has 3 heterocycles. The average molecular weight is 476 g/mol. The molecule has 0 bridgehead atoms. The molecule has 5 rings (SSSR count). The second-order valence-electron chi connectivity index (χ2n) is 10.6. The fourth-order valence-corrected chi connectivity index (χ4v) is 6.37. The number of piperidine rings is 2. The fraction of sp³-hybridized carbons (Fsp3) is 0.567. The Bertz CT molecular complexity index is 979. The highest BCUT2D eigenvalue weighted by atomic mass is 16.5. The molecule has 5 heteroatoms. The Morgan fingerprint density at radius 3 is 2.83 bits per heavy atom. The van der Waals surface area contributed by atoms with Gasteiger partial charge in [0.25, 0.3) is 0 Å². The number of hydrogen-bond donors (Lipinski definition) is 1. The summed E-state index contributed by atoms with van der Waals surface area (Å²) in [6.45, 7) is 6.73. The predicted octanol–water partition coefficient (Wildman–Crippen LogP) is 5.94. The first-order valence-corrected chi connectivity index (χ1v) is 13.8. The Morgan fingerprint density at radius 2 is 1.97 bits per heavy atom. The molecule has 2 fully saturated rings. The van der Waals surface area contributed by atoms with Crippen molar-refractivity contribution in [1.29, 1.82) is 0 Å². The summed E-state index contributed by atoms with van der Waals surface area (Å²) in [4.78, 5) is 18.1. The van der Waals surface area contributed by atoms with Gasteiger partial charge in [-0.1, -0.05) is 62.6 Å². The lowest BCUT2D eigenvalue weighted by Gasteiger charge is -2.52. The van der Waals surface area contributed by atoms with Gasteiger partial charge in [-0.2, -0.15) is 0 Å². The SMILES string of the molecule is CCCCCCOc1ccc2c(c1)CCN1CC3CCCN(C(=O)NCc4ccccc4)C3CC21. The van der Waals surface area contributed by atoms with Crippen LogP contribution in [0.5, 0.6) is 5.75 Å². The van der Waals surface area contributed by atoms with Crippen molar-refractivity contribution in [3.8, 4) is 5.75 Å². The Kier molecular flexibility index (Phi) is 7.92. The van der Waals surface area contributed by atoms with Crippen LogP contribution in [0.25, 0.3) is 0 Å². The lowest BCUT2D eigenvalue weighted by atomic mass is 9.76. The van der Waals surface area contributed by atoms with E-state index in [2.05, 4.69) is 52.4 Å². The molecule has 2 aromatic carbocycles. The van der Waals surface area contributed by atoms with Gasteiger partial charge in [0.15, 0.2) is 0 Å². The predicted molar refractivity (Wildman–Crippen MR) is 141 cm³/mol. The largest absolute Gasteiger partial charge is 0.494 e. The molecule has 3 aliphatic heterocycles. The molecule has 3 aliphatic rings. The number of benzene rings is 2. The van der Waals surface area contributed by atoms with Gasteiger partial charge in [-0.25, -0.2) is 4.79 Å². The van der Waals surface area contributed by atoms with E-state index < -0.39 is 0 Å². The minimum Gasteiger partial charge on any atom is -0.494 e. The lowest BCUT2D eigenvalue weighted by Crippen LogP contribution is -2.59. The Balaban J connectivity index is 1.24. The van der Waals surface area contributed by atoms with E-state index in [-0.39, 0.29) is 6.03 Å². The van der Waals surface area contributed by atoms with Crippen LogP contribution in [0.3, 0.4) is 0 Å². The highest BCUT2D eigenvalue weighted by molar-refractivity contribution is 5.74. The van der Waals surface area contributed by atoms with E-state index in [1.54, 1.807) is 0 Å². The minimum atomic E-state index is 0.0971. The van der Waals surface area contributed by atoms with E-state index in [4.69, 9.17) is 4.74 Å². The smallest absolute Gasteiger partial charge is 0.317 e. The van der Waals surface area contributed by atoms with Crippen molar-refractivity contribution >= 4 is 6.03 Å². The van der Waals surface area contributed by atoms with Crippen LogP contribution < -0.4 is 10.1 Å². The van der Waals surface area contributed by atoms with E-state index in [9.17, 15) is 4.79 Å². The first kappa shape index (κ1) is 24.2. The number of fused-ring (bicyclic) bond motifs is 4. The maximum atomic E-state index is 13.2. The van der Waals surface area contributed by atoms with Crippen LogP contribution in [-0.4, -0.2) is 48.1 Å². The van der Waals surface area contributed by atoms with Crippen LogP contribution >= 0.6 is 0 Å². The lowest BCUT2D eigenvalue weighted by molar-refractivity contribution is 0.00564. The number of urea groups is 1. The molecule has 3 atom stereocenters. The summed E-state index contributed by atoms with van der Waals surface area (Å²) in [5, 5.41) is 3.19. The number of nitrogens with one attached hydrogen (secondary N) is 1. The molecule has 188 valence electrons. The molecule has 0 aromatic heterocycles. The van der Waals surface area contributed by atoms with Crippen LogP contribution in [0, 0.1) is 5.92 Å². The summed E-state index contributed by atoms with van der Waals surface area (Å²) in [5.41, 5.74) is 4.03. The number of rotatable bonds is 8. The second-order valence-corrected chi connectivity index (χ2v) is 10.6. The standard InChI is InChI=1S/C30H41N3O2/c1-2-3-4-8-18-35-26-13-14-27-24(19-26)15-17-32-22-25-12-9-16-33(28(25)20-29(27)32)30(34)31-21-23-10-6-5-7-11-23/h5-7,10-11,13-14,19,25,28-29H,2-4,8-9,12,15-18,20-22H2,1H3,(H,31,34). The van der Waals surface area contributed by atoms with Crippen LogP contribution in [0.4, 0.5) is 4.79 Å². The molecule has 0 aliphatic carbocycles. The Labute approximate surface area is 210 Å². The van der Waals surface area contributed by atoms with E-state index >= 15 is 0 Å². The number of carbonyl (C=O) groups excluding carboxylic acids is 1. The normalized spacial score (nSPS) is 23.7. The van der Waals surface area contributed by atoms with Gasteiger partial charge in [-0.05, 0) is 66.8 Å². The van der Waals surface area contributed by atoms with Gasteiger partial charge < -0.3 is 15.0 Å². The zero-order valence-corrected chi connectivity index (χ0v) is 21.3. The summed E-state index contributed by atoms with van der Waals surface area (Å²) in [7, 11) is 0. The van der Waals surface area contributed by atoms with Crippen molar-refractivity contribution in [1.82, 2.24) is 15.1 Å². The Hall–Kier alpha value is -2.53. The number of unbranched alkanes of at least 4 members (excludes halogenated alkanes) is 3. The summed E-state index contributed by atoms with van der Waals surface area (Å²) < 4.78 is 6.08. The third-order valence-electron chi connectivity index (χ3n) is 8.25. The van der Waals surface area contributed by atoms with Gasteiger partial charge in [0.05, 0.1) is 6.61 Å². The molecule has 1 N–H and O–H groups in total. The number of carbonyl (C=O) groups is 1. The average Bonchev–Trinajstić information content (AvgIpc) is 2.90. The molecule has 2 amide bonds. The maximum Gasteiger partial charge on any atom is 0.317 e. The van der Waals surface area contributed by atoms with Crippen LogP contribution in [0.15, 0.2) is 48.5 Å². The highest BCUT2D eigenvalue weighted by Crippen LogP contribution is 2.43. The van der Waals surface area contributed by atoms with Gasteiger partial charge in [-0.15, -0.1) is 0 Å². The van der Waals surface area contributed by atoms with Gasteiger partial charge in [0.1, 0.15) is 5.75 Å². The highest BCUT2D eigenvalue weighted by Gasteiger charge is 2.43. The summed E-state index contributed by atoms with van der Waals surface area (Å²) in [5.74, 6) is 1.59. The van der Waals surface area contributed by atoms with Crippen molar-refractivity contribution < 1.29 is 9.53 Å². The van der Waals surface area contributed by atoms with Gasteiger partial charge >= 0.3 is 6.03 Å². The van der Waals surface area contributed by atoms with E-state index in [0.29, 0.717) is 24.5 Å². The maximum absolute atomic E-state index is 13.2. The molecule has 0 saturated carbocycles. The molecule has 0 spiro atoms. The van der Waals surface area contributed by atoms with E-state index in [1.807, 2.05) is 18.2 Å². The Morgan fingerprint density at radius 1 is 1.09 bits per heavy atom. The second kappa shape index (κ2) is 11.5. The van der Waals surface area contributed by atoms with Crippen molar-refractivity contribution in [3.63, 3.8) is 0 Å². The quantitative estimate of drug-likeness (QED) is 0.481. The molecule has 2 aromatic rings. The van der Waals surface area contributed by atoms with Crippen molar-refractivity contribution in [2.75, 3.05) is 26.2 Å². The van der Waals surface area contributed by atoms with Crippen molar-refractivity contribution in [3.05, 3.63) is 65.2 Å². The molecule has 35 heavy (non-hydrogen) atoms. The van der Waals surface area contributed by atoms with Crippen LogP contribution in [0.1, 0.15) is 74.6 Å². The number of nitrogens with zero attached hydrogens (tertiary/aromatic N) is 2. The van der Waals surface area contributed by atoms with Gasteiger partial charge in [0, 0.05) is 38.3 Å². The summed E-state index contributed by atoms with van der Waals surface area (Å²) >= 11 is 0. The van der Waals surface area contributed by atoms with Crippen LogP contribution in [0.2, 0.25) is 0 Å². The molecule has 3 unspecified atom stereocenters. The fourth-order valence-electron chi connectivity index (χ4n) is 6.37. The molecule has 2 saturated heterocycles. The number of amides is 2. The minimum absolute atomic E-state index is 0.0971. The summed E-state index contributed by atoms with van der Waals surface area (Å²) in [6.07, 6.45) is 9.38. The van der Waals surface area contributed by atoms with Gasteiger partial charge in [-0.3, -0.25) is 4.90 Å². The van der Waals surface area contributed by atoms with E-state index in [0.717, 1.165) is 63.2 Å². The van der Waals surface area contributed by atoms with Gasteiger partial charge in [0.2, 0.25) is 0 Å². The van der Waals surface area contributed by atoms with E-state index in [1.165, 1.54) is 36.8 Å². The first-order valence-electron chi connectivity index (χ1n) is 13.8. The third-order valence-corrected chi connectivity index (χ3v) is 8.25. The third kappa shape index (κ3) is 5.66. The number of likely N-dealkylation sites (tertiary alicyclic amines) is 1. The zero-order chi connectivity index (χ0) is 24.0. The molecular formula is C30H41N3O2. The molecular weight excluding hydrogens is 434 g/mol. The van der Waals surface area contributed by atoms with Crippen molar-refractivity contribution in [2.45, 2.75) is 76.9 Å². The van der Waals surface area contributed by atoms with Crippen molar-refractivity contribution in [2.24, 2.45) is 5.92 Å². The van der Waals surface area contributed by atoms with Crippen LogP contribution in [-0.2, 0) is 13.0 Å². The molecule has 5 nitrogen and oxygen atoms in total. The topological polar surface area (TPSA) is 44.8 Å². The monoisotopic (exact) mass is 475 g/mol. The number of hydrogen-bond acceptors (Lipinski definition) is 3. The number of ether oxygens (including phenoxy) is 1. The molecule has 0 radical (unpaired) electrons. The summed E-state index contributed by atoms with van der Waals surface area (Å²) in [6, 6.07) is 17.8.